The van der Waals surface area contributed by atoms with Gasteiger partial charge in [-0.25, -0.2) is 9.78 Å². The molecule has 1 aliphatic heterocycles. The molecule has 9 nitrogen and oxygen atoms in total. The Morgan fingerprint density at radius 3 is 2.89 bits per heavy atom. The van der Waals surface area contributed by atoms with E-state index in [1.165, 1.54) is 0 Å². The molecule has 1 aromatic carbocycles. The molecule has 1 aliphatic rings. The smallest absolute Gasteiger partial charge is 0.329 e. The van der Waals surface area contributed by atoms with Crippen LogP contribution in [0.3, 0.4) is 0 Å². The summed E-state index contributed by atoms with van der Waals surface area (Å²) in [4.78, 5) is 46.7. The van der Waals surface area contributed by atoms with Crippen LogP contribution in [0.15, 0.2) is 46.2 Å². The highest BCUT2D eigenvalue weighted by molar-refractivity contribution is 5.79. The van der Waals surface area contributed by atoms with Crippen LogP contribution in [-0.2, 0) is 18.4 Å². The van der Waals surface area contributed by atoms with E-state index in [0.717, 1.165) is 10.4 Å². The lowest BCUT2D eigenvalue weighted by Crippen LogP contribution is -2.51. The summed E-state index contributed by atoms with van der Waals surface area (Å²) in [5.41, 5.74) is -0.591. The van der Waals surface area contributed by atoms with E-state index in [0.29, 0.717) is 30.5 Å². The van der Waals surface area contributed by atoms with Crippen LogP contribution in [0.4, 0.5) is 0 Å². The summed E-state index contributed by atoms with van der Waals surface area (Å²) in [5, 5.41) is 3.64. The first-order valence-electron chi connectivity index (χ1n) is 8.75. The molecule has 0 bridgehead atoms. The molecule has 0 radical (unpaired) electrons. The number of nitrogens with one attached hydrogen (secondary N) is 2. The van der Waals surface area contributed by atoms with E-state index in [1.807, 2.05) is 17.8 Å². The molecule has 0 saturated carbocycles. The largest absolute Gasteiger partial charge is 0.336 e. The molecule has 1 atom stereocenters. The minimum Gasteiger partial charge on any atom is -0.336 e. The second kappa shape index (κ2) is 6.84. The summed E-state index contributed by atoms with van der Waals surface area (Å²) in [5.74, 6) is 0.475. The standard InChI is InChI=1S/C18H20N6O3/c1-22-8-7-20-16(22)14-10-19-6-9-23(14)15(25)11-24-17(26)12-4-2-3-5-13(12)21-18(24)27/h2-5,7-8,14,19H,6,9-11H2,1H3,(H,21,27). The normalized spacial score (nSPS) is 17.4. The van der Waals surface area contributed by atoms with Crippen LogP contribution in [0.2, 0.25) is 0 Å². The molecule has 1 fully saturated rings. The van der Waals surface area contributed by atoms with Gasteiger partial charge < -0.3 is 19.8 Å². The Hall–Kier alpha value is -3.20. The summed E-state index contributed by atoms with van der Waals surface area (Å²) in [6, 6.07) is 6.52. The summed E-state index contributed by atoms with van der Waals surface area (Å²) < 4.78 is 2.83. The van der Waals surface area contributed by atoms with Crippen LogP contribution in [-0.4, -0.2) is 49.5 Å². The number of benzene rings is 1. The molecule has 27 heavy (non-hydrogen) atoms. The minimum absolute atomic E-state index is 0.249. The number of para-hydroxylation sites is 1. The number of aromatic nitrogens is 4. The fourth-order valence-corrected chi connectivity index (χ4v) is 3.50. The van der Waals surface area contributed by atoms with Crippen LogP contribution in [0.25, 0.3) is 10.9 Å². The average molecular weight is 368 g/mol. The van der Waals surface area contributed by atoms with E-state index in [-0.39, 0.29) is 18.5 Å². The van der Waals surface area contributed by atoms with Crippen LogP contribution < -0.4 is 16.6 Å². The van der Waals surface area contributed by atoms with Gasteiger partial charge in [-0.15, -0.1) is 0 Å². The van der Waals surface area contributed by atoms with Crippen molar-refractivity contribution in [3.05, 3.63) is 63.3 Å². The van der Waals surface area contributed by atoms with Gasteiger partial charge in [0.15, 0.2) is 0 Å². The van der Waals surface area contributed by atoms with Gasteiger partial charge in [-0.2, -0.15) is 0 Å². The van der Waals surface area contributed by atoms with Crippen molar-refractivity contribution in [2.24, 2.45) is 7.05 Å². The molecule has 3 heterocycles. The maximum atomic E-state index is 13.0. The topological polar surface area (TPSA) is 105 Å². The minimum atomic E-state index is -0.587. The van der Waals surface area contributed by atoms with E-state index in [2.05, 4.69) is 15.3 Å². The summed E-state index contributed by atoms with van der Waals surface area (Å²) in [6.45, 7) is 1.39. The van der Waals surface area contributed by atoms with Gasteiger partial charge in [0.05, 0.1) is 10.9 Å². The highest BCUT2D eigenvalue weighted by Crippen LogP contribution is 2.20. The van der Waals surface area contributed by atoms with Crippen LogP contribution in [0.5, 0.6) is 0 Å². The van der Waals surface area contributed by atoms with Crippen molar-refractivity contribution in [3.63, 3.8) is 0 Å². The molecule has 1 amide bonds. The lowest BCUT2D eigenvalue weighted by Gasteiger charge is -2.35. The molecule has 140 valence electrons. The van der Waals surface area contributed by atoms with E-state index in [1.54, 1.807) is 35.4 Å². The molecule has 9 heteroatoms. The molecule has 4 rings (SSSR count). The number of aryl methyl sites for hydroxylation is 1. The number of carbonyl (C=O) groups is 1. The van der Waals surface area contributed by atoms with Gasteiger partial charge in [0.2, 0.25) is 5.91 Å². The molecular formula is C18H20N6O3. The lowest BCUT2D eigenvalue weighted by atomic mass is 10.1. The molecule has 1 saturated heterocycles. The van der Waals surface area contributed by atoms with Gasteiger partial charge in [-0.05, 0) is 12.1 Å². The number of hydrogen-bond donors (Lipinski definition) is 2. The van der Waals surface area contributed by atoms with Crippen molar-refractivity contribution < 1.29 is 4.79 Å². The van der Waals surface area contributed by atoms with E-state index in [9.17, 15) is 14.4 Å². The molecule has 0 spiro atoms. The number of imidazole rings is 1. The fourth-order valence-electron chi connectivity index (χ4n) is 3.50. The highest BCUT2D eigenvalue weighted by atomic mass is 16.2. The van der Waals surface area contributed by atoms with Crippen molar-refractivity contribution in [2.75, 3.05) is 19.6 Å². The Bertz CT molecular complexity index is 1110. The number of piperazine rings is 1. The zero-order valence-corrected chi connectivity index (χ0v) is 14.9. The van der Waals surface area contributed by atoms with Gasteiger partial charge >= 0.3 is 5.69 Å². The Balaban J connectivity index is 1.67. The fraction of sp³-hybridized carbons (Fsp3) is 0.333. The highest BCUT2D eigenvalue weighted by Gasteiger charge is 2.30. The lowest BCUT2D eigenvalue weighted by molar-refractivity contribution is -0.135. The third-order valence-corrected chi connectivity index (χ3v) is 4.90. The predicted molar refractivity (Wildman–Crippen MR) is 99.4 cm³/mol. The summed E-state index contributed by atoms with van der Waals surface area (Å²) in [6.07, 6.45) is 3.51. The van der Waals surface area contributed by atoms with Crippen LogP contribution >= 0.6 is 0 Å². The van der Waals surface area contributed by atoms with Crippen LogP contribution in [0.1, 0.15) is 11.9 Å². The van der Waals surface area contributed by atoms with Crippen LogP contribution in [0, 0.1) is 0 Å². The van der Waals surface area contributed by atoms with E-state index in [4.69, 9.17) is 0 Å². The molecule has 1 unspecified atom stereocenters. The Morgan fingerprint density at radius 1 is 1.30 bits per heavy atom. The van der Waals surface area contributed by atoms with Gasteiger partial charge in [0, 0.05) is 39.1 Å². The van der Waals surface area contributed by atoms with Crippen molar-refractivity contribution in [1.29, 1.82) is 0 Å². The molecular weight excluding hydrogens is 348 g/mol. The number of carbonyl (C=O) groups excluding carboxylic acids is 1. The van der Waals surface area contributed by atoms with Gasteiger partial charge in [-0.1, -0.05) is 12.1 Å². The Morgan fingerprint density at radius 2 is 2.11 bits per heavy atom. The summed E-state index contributed by atoms with van der Waals surface area (Å²) >= 11 is 0. The number of hydrogen-bond acceptors (Lipinski definition) is 5. The third-order valence-electron chi connectivity index (χ3n) is 4.90. The molecule has 0 aliphatic carbocycles. The Labute approximate surface area is 154 Å². The maximum absolute atomic E-state index is 13.0. The van der Waals surface area contributed by atoms with Crippen molar-refractivity contribution >= 4 is 16.8 Å². The van der Waals surface area contributed by atoms with Crippen molar-refractivity contribution in [2.45, 2.75) is 12.6 Å². The summed E-state index contributed by atoms with van der Waals surface area (Å²) in [7, 11) is 1.87. The second-order valence-corrected chi connectivity index (χ2v) is 6.57. The zero-order chi connectivity index (χ0) is 19.0. The van der Waals surface area contributed by atoms with Gasteiger partial charge in [0.25, 0.3) is 5.56 Å². The molecule has 3 aromatic rings. The second-order valence-electron chi connectivity index (χ2n) is 6.57. The molecule has 2 N–H and O–H groups in total. The quantitative estimate of drug-likeness (QED) is 0.654. The van der Waals surface area contributed by atoms with Crippen molar-refractivity contribution in [1.82, 2.24) is 29.3 Å². The SMILES string of the molecule is Cn1ccnc1C1CNCCN1C(=O)Cn1c(=O)[nH]c2ccccc2c1=O. The number of amides is 1. The molecule has 2 aromatic heterocycles. The zero-order valence-electron chi connectivity index (χ0n) is 14.9. The van der Waals surface area contributed by atoms with E-state index < -0.39 is 11.2 Å². The first-order chi connectivity index (χ1) is 13.1. The first kappa shape index (κ1) is 17.2. The van der Waals surface area contributed by atoms with E-state index >= 15 is 0 Å². The van der Waals surface area contributed by atoms with Gasteiger partial charge in [-0.3, -0.25) is 14.2 Å². The number of nitrogens with zero attached hydrogens (tertiary/aromatic N) is 4. The number of rotatable bonds is 3. The predicted octanol–water partition coefficient (Wildman–Crippen LogP) is -0.404. The third kappa shape index (κ3) is 3.06. The maximum Gasteiger partial charge on any atom is 0.329 e. The number of H-pyrrole nitrogens is 1. The first-order valence-corrected chi connectivity index (χ1v) is 8.75. The monoisotopic (exact) mass is 368 g/mol. The number of aromatic amines is 1. The number of fused-ring (bicyclic) bond motifs is 1. The Kier molecular flexibility index (Phi) is 4.36. The average Bonchev–Trinajstić information content (AvgIpc) is 3.10. The van der Waals surface area contributed by atoms with Crippen molar-refractivity contribution in [3.8, 4) is 0 Å². The van der Waals surface area contributed by atoms with Gasteiger partial charge in [0.1, 0.15) is 18.4 Å².